The predicted octanol–water partition coefficient (Wildman–Crippen LogP) is -1.21. The molecule has 0 amide bonds. The molecule has 3 saturated heterocycles. The van der Waals surface area contributed by atoms with Crippen molar-refractivity contribution >= 4 is 7.82 Å². The zero-order valence-corrected chi connectivity index (χ0v) is 22.6. The van der Waals surface area contributed by atoms with E-state index in [0.717, 1.165) is 4.57 Å². The molecule has 0 radical (unpaired) electrons. The number of aryl methyl sites for hydroxylation is 2. The van der Waals surface area contributed by atoms with Crippen molar-refractivity contribution in [2.45, 2.75) is 69.7 Å². The van der Waals surface area contributed by atoms with Gasteiger partial charge >= 0.3 is 19.2 Å². The van der Waals surface area contributed by atoms with Crippen LogP contribution in [-0.2, 0) is 27.6 Å². The summed E-state index contributed by atoms with van der Waals surface area (Å²) < 4.78 is 45.0. The quantitative estimate of drug-likeness (QED) is 0.294. The van der Waals surface area contributed by atoms with E-state index in [0.29, 0.717) is 0 Å². The van der Waals surface area contributed by atoms with Gasteiger partial charge in [-0.1, -0.05) is 6.92 Å². The van der Waals surface area contributed by atoms with Gasteiger partial charge in [-0.25, -0.2) is 14.2 Å². The smallest absolute Gasteiger partial charge is 0.393 e. The lowest BCUT2D eigenvalue weighted by Gasteiger charge is -2.43. The molecule has 0 aromatic carbocycles. The Morgan fingerprint density at radius 2 is 1.65 bits per heavy atom. The highest BCUT2D eigenvalue weighted by molar-refractivity contribution is 7.48. The summed E-state index contributed by atoms with van der Waals surface area (Å²) in [5.74, 6) is -0.991. The topological polar surface area (TPSA) is 213 Å². The molecule has 16 nitrogen and oxygen atoms in total. The second kappa shape index (κ2) is 9.42. The highest BCUT2D eigenvalue weighted by atomic mass is 31.2. The zero-order chi connectivity index (χ0) is 28.7. The fraction of sp³-hybridized carbons (Fsp3) is 0.652. The minimum atomic E-state index is -4.28. The Morgan fingerprint density at radius 3 is 2.30 bits per heavy atom. The molecule has 10 atom stereocenters. The van der Waals surface area contributed by atoms with E-state index >= 15 is 0 Å². The van der Waals surface area contributed by atoms with E-state index in [1.807, 2.05) is 0 Å². The molecule has 17 heteroatoms. The van der Waals surface area contributed by atoms with Crippen molar-refractivity contribution in [2.24, 2.45) is 11.8 Å². The number of H-pyrrole nitrogens is 2. The first-order valence-corrected chi connectivity index (χ1v) is 14.2. The number of hydrogen-bond donors (Lipinski definition) is 4. The van der Waals surface area contributed by atoms with Crippen LogP contribution in [-0.4, -0.2) is 72.5 Å². The van der Waals surface area contributed by atoms with Gasteiger partial charge in [0, 0.05) is 35.9 Å². The maximum atomic E-state index is 13.6. The minimum absolute atomic E-state index is 0.00622. The van der Waals surface area contributed by atoms with Gasteiger partial charge in [-0.15, -0.1) is 0 Å². The van der Waals surface area contributed by atoms with Crippen molar-refractivity contribution in [3.05, 3.63) is 65.2 Å². The first-order valence-electron chi connectivity index (χ1n) is 12.7. The summed E-state index contributed by atoms with van der Waals surface area (Å²) in [7, 11) is -4.28. The predicted molar refractivity (Wildman–Crippen MR) is 133 cm³/mol. The average molecular weight is 584 g/mol. The molecule has 6 rings (SSSR count). The lowest BCUT2D eigenvalue weighted by molar-refractivity contribution is -0.215. The number of aliphatic hydroxyl groups excluding tert-OH is 2. The van der Waals surface area contributed by atoms with E-state index in [1.54, 1.807) is 6.92 Å². The fourth-order valence-corrected chi connectivity index (χ4v) is 7.95. The number of phosphoric ester groups is 1. The molecule has 5 heterocycles. The molecular weight excluding hydrogens is 555 g/mol. The van der Waals surface area contributed by atoms with Crippen molar-refractivity contribution in [1.29, 1.82) is 0 Å². The van der Waals surface area contributed by atoms with Crippen molar-refractivity contribution in [1.82, 2.24) is 19.1 Å². The Bertz CT molecular complexity index is 1630. The number of phosphoric acid groups is 1. The number of rotatable bonds is 6. The SMILES string of the molecule is Cc1cn([C@@H]2O[C@@]3(CO)[C@@H]4O[P@](=O)(OC[C@H]5O[C@@H](n6cc(C)c(=O)[nH]c6=O)C[C@@H]5O)O[C@H]3[C@@H]2[C@@H]4C)c(=O)[nH]c1=O. The van der Waals surface area contributed by atoms with Crippen LogP contribution in [0.2, 0.25) is 0 Å². The summed E-state index contributed by atoms with van der Waals surface area (Å²) in [4.78, 5) is 52.7. The van der Waals surface area contributed by atoms with E-state index in [2.05, 4.69) is 9.97 Å². The molecule has 3 aliphatic heterocycles. The molecule has 4 fully saturated rings. The van der Waals surface area contributed by atoms with Crippen LogP contribution < -0.4 is 22.5 Å². The van der Waals surface area contributed by atoms with Crippen LogP contribution in [0, 0.1) is 25.7 Å². The molecule has 2 aromatic heterocycles. The summed E-state index contributed by atoms with van der Waals surface area (Å²) in [6.45, 7) is 3.87. The van der Waals surface area contributed by atoms with E-state index in [1.165, 1.54) is 30.8 Å². The molecule has 1 aliphatic carbocycles. The molecule has 4 N–H and O–H groups in total. The van der Waals surface area contributed by atoms with E-state index in [9.17, 15) is 34.0 Å². The summed E-state index contributed by atoms with van der Waals surface area (Å²) in [5, 5.41) is 20.9. The van der Waals surface area contributed by atoms with Crippen molar-refractivity contribution < 1.29 is 37.8 Å². The Hall–Kier alpha value is -2.69. The fourth-order valence-electron chi connectivity index (χ4n) is 6.20. The number of aromatic nitrogens is 4. The number of aliphatic hydroxyl groups is 2. The van der Waals surface area contributed by atoms with Crippen LogP contribution >= 0.6 is 7.82 Å². The molecule has 0 unspecified atom stereocenters. The number of nitrogens with one attached hydrogen (secondary N) is 2. The lowest BCUT2D eigenvalue weighted by atomic mass is 9.92. The molecule has 4 bridgehead atoms. The van der Waals surface area contributed by atoms with Crippen molar-refractivity contribution in [2.75, 3.05) is 13.2 Å². The Morgan fingerprint density at radius 1 is 1.05 bits per heavy atom. The van der Waals surface area contributed by atoms with Gasteiger partial charge in [-0.2, -0.15) is 0 Å². The molecule has 4 aliphatic rings. The molecule has 0 spiro atoms. The molecular formula is C23H29N4O12P. The Kier molecular flexibility index (Phi) is 6.47. The average Bonchev–Trinajstić information content (AvgIpc) is 3.47. The monoisotopic (exact) mass is 584 g/mol. The highest BCUT2D eigenvalue weighted by Gasteiger charge is 2.75. The van der Waals surface area contributed by atoms with Gasteiger partial charge < -0.3 is 19.7 Å². The first-order chi connectivity index (χ1) is 18.9. The first kappa shape index (κ1) is 27.5. The van der Waals surface area contributed by atoms with Crippen LogP contribution in [0.1, 0.15) is 36.9 Å². The Labute approximate surface area is 225 Å². The largest absolute Gasteiger partial charge is 0.475 e. The molecule has 1 saturated carbocycles. The van der Waals surface area contributed by atoms with Crippen LogP contribution in [0.25, 0.3) is 0 Å². The number of aromatic amines is 2. The van der Waals surface area contributed by atoms with Crippen LogP contribution in [0.5, 0.6) is 0 Å². The van der Waals surface area contributed by atoms with Gasteiger partial charge in [0.25, 0.3) is 11.1 Å². The van der Waals surface area contributed by atoms with Gasteiger partial charge in [0.15, 0.2) is 0 Å². The van der Waals surface area contributed by atoms with Gasteiger partial charge in [0.2, 0.25) is 0 Å². The van der Waals surface area contributed by atoms with Gasteiger partial charge in [0.05, 0.1) is 19.3 Å². The van der Waals surface area contributed by atoms with Crippen molar-refractivity contribution in [3.63, 3.8) is 0 Å². The summed E-state index contributed by atoms with van der Waals surface area (Å²) in [6, 6.07) is 0. The maximum absolute atomic E-state index is 13.6. The molecule has 2 aromatic rings. The van der Waals surface area contributed by atoms with Crippen LogP contribution in [0.4, 0.5) is 0 Å². The van der Waals surface area contributed by atoms with Gasteiger partial charge in [-0.05, 0) is 19.8 Å². The normalized spacial score (nSPS) is 40.1. The number of nitrogens with zero attached hydrogens (tertiary/aromatic N) is 2. The third-order valence-corrected chi connectivity index (χ3v) is 9.71. The Balaban J connectivity index is 1.20. The number of hydrogen-bond acceptors (Lipinski definition) is 12. The third kappa shape index (κ3) is 4.05. The van der Waals surface area contributed by atoms with Gasteiger partial charge in [-0.3, -0.25) is 42.3 Å². The van der Waals surface area contributed by atoms with Crippen molar-refractivity contribution in [3.8, 4) is 0 Å². The zero-order valence-electron chi connectivity index (χ0n) is 21.7. The third-order valence-electron chi connectivity index (χ3n) is 8.28. The lowest BCUT2D eigenvalue weighted by Crippen LogP contribution is -2.55. The standard InChI is InChI=1S/C23H29N4O12P/c1-9-5-26(21(32)24-18(9)30)14-4-12(29)13(36-14)7-35-40(34)38-16-11(3)15-17(39-40)23(16,8-28)37-20(15)27-6-10(2)19(31)25-22(27)33/h5-6,11-17,20,28-29H,4,7-8H2,1-3H3,(H,24,30,32)(H,25,31,33)/t11-,12-,13+,14+,15-,16+,17-,20+,23-,40-/m0/s1. The summed E-state index contributed by atoms with van der Waals surface area (Å²) in [6.07, 6.45) is -3.15. The van der Waals surface area contributed by atoms with Crippen LogP contribution in [0.15, 0.2) is 31.6 Å². The van der Waals surface area contributed by atoms with E-state index < -0.39 is 97.8 Å². The van der Waals surface area contributed by atoms with E-state index in [-0.39, 0.29) is 17.5 Å². The molecule has 40 heavy (non-hydrogen) atoms. The summed E-state index contributed by atoms with van der Waals surface area (Å²) in [5.41, 5.74) is -3.36. The second-order valence-corrected chi connectivity index (χ2v) is 12.3. The maximum Gasteiger partial charge on any atom is 0.475 e. The minimum Gasteiger partial charge on any atom is -0.393 e. The summed E-state index contributed by atoms with van der Waals surface area (Å²) >= 11 is 0. The number of ether oxygens (including phenoxy) is 2. The van der Waals surface area contributed by atoms with E-state index in [4.69, 9.17) is 23.0 Å². The molecule has 218 valence electrons. The van der Waals surface area contributed by atoms with Crippen LogP contribution in [0.3, 0.4) is 0 Å². The second-order valence-electron chi connectivity index (χ2n) is 10.7. The van der Waals surface area contributed by atoms with Gasteiger partial charge in [0.1, 0.15) is 36.4 Å². The highest BCUT2D eigenvalue weighted by Crippen LogP contribution is 2.70.